The zero-order valence-corrected chi connectivity index (χ0v) is 16.3. The van der Waals surface area contributed by atoms with Gasteiger partial charge in [-0.1, -0.05) is 62.4 Å². The molecular formula is C21H27N3OS. The number of nitrogens with one attached hydrogen (secondary N) is 1. The fraction of sp³-hybridized carbons (Fsp3) is 0.333. The van der Waals surface area contributed by atoms with E-state index < -0.39 is 0 Å². The highest BCUT2D eigenvalue weighted by Gasteiger charge is 2.15. The summed E-state index contributed by atoms with van der Waals surface area (Å²) in [7, 11) is 0. The second-order valence-electron chi connectivity index (χ2n) is 6.06. The minimum absolute atomic E-state index is 0.170. The van der Waals surface area contributed by atoms with Crippen LogP contribution < -0.4 is 5.32 Å². The van der Waals surface area contributed by atoms with Crippen molar-refractivity contribution in [1.29, 1.82) is 0 Å². The maximum absolute atomic E-state index is 12.4. The molecule has 2 aromatic carbocycles. The number of carbonyl (C=O) groups is 1. The summed E-state index contributed by atoms with van der Waals surface area (Å²) >= 11 is 5.55. The van der Waals surface area contributed by atoms with E-state index in [4.69, 9.17) is 12.2 Å². The predicted molar refractivity (Wildman–Crippen MR) is 111 cm³/mol. The summed E-state index contributed by atoms with van der Waals surface area (Å²) in [5.41, 5.74) is 1.78. The number of hydrogen-bond donors (Lipinski definition) is 1. The van der Waals surface area contributed by atoms with Gasteiger partial charge >= 0.3 is 0 Å². The molecule has 0 unspecified atom stereocenters. The fourth-order valence-corrected chi connectivity index (χ4v) is 2.94. The van der Waals surface area contributed by atoms with Gasteiger partial charge in [0.25, 0.3) is 5.91 Å². The van der Waals surface area contributed by atoms with E-state index in [9.17, 15) is 4.79 Å². The Morgan fingerprint density at radius 2 is 1.50 bits per heavy atom. The molecule has 0 saturated heterocycles. The number of carbonyl (C=O) groups excluding carboxylic acids is 1. The number of likely N-dealkylation sites (N-methyl/N-ethyl adjacent to an activating group) is 1. The van der Waals surface area contributed by atoms with Crippen LogP contribution in [-0.2, 0) is 6.54 Å². The Balaban J connectivity index is 2.05. The Morgan fingerprint density at radius 3 is 2.08 bits per heavy atom. The molecule has 0 bridgehead atoms. The molecular weight excluding hydrogens is 342 g/mol. The molecule has 0 heterocycles. The molecule has 0 fully saturated rings. The van der Waals surface area contributed by atoms with E-state index in [2.05, 4.69) is 41.1 Å². The van der Waals surface area contributed by atoms with Crippen LogP contribution in [-0.4, -0.2) is 47.0 Å². The molecule has 138 valence electrons. The Labute approximate surface area is 161 Å². The summed E-state index contributed by atoms with van der Waals surface area (Å²) in [6.45, 7) is 8.65. The number of amides is 1. The minimum Gasteiger partial charge on any atom is -0.343 e. The second-order valence-corrected chi connectivity index (χ2v) is 6.45. The molecule has 0 aliphatic heterocycles. The largest absolute Gasteiger partial charge is 0.343 e. The van der Waals surface area contributed by atoms with E-state index in [-0.39, 0.29) is 5.91 Å². The summed E-state index contributed by atoms with van der Waals surface area (Å²) in [5, 5.41) is 3.34. The van der Waals surface area contributed by atoms with Crippen LogP contribution in [0.25, 0.3) is 0 Å². The van der Waals surface area contributed by atoms with Gasteiger partial charge in [0.2, 0.25) is 0 Å². The van der Waals surface area contributed by atoms with Gasteiger partial charge in [0.15, 0.2) is 5.11 Å². The highest BCUT2D eigenvalue weighted by atomic mass is 32.1. The van der Waals surface area contributed by atoms with Crippen LogP contribution in [0.5, 0.6) is 0 Å². The first-order valence-corrected chi connectivity index (χ1v) is 9.46. The van der Waals surface area contributed by atoms with Gasteiger partial charge in [0.1, 0.15) is 0 Å². The molecule has 26 heavy (non-hydrogen) atoms. The Morgan fingerprint density at radius 1 is 0.923 bits per heavy atom. The molecule has 0 aromatic heterocycles. The van der Waals surface area contributed by atoms with E-state index >= 15 is 0 Å². The van der Waals surface area contributed by atoms with Gasteiger partial charge < -0.3 is 9.80 Å². The van der Waals surface area contributed by atoms with Crippen molar-refractivity contribution in [2.75, 3.05) is 26.2 Å². The van der Waals surface area contributed by atoms with E-state index in [1.807, 2.05) is 36.4 Å². The molecule has 4 nitrogen and oxygen atoms in total. The lowest BCUT2D eigenvalue weighted by Gasteiger charge is -2.28. The molecule has 0 aliphatic rings. The number of hydrogen-bond acceptors (Lipinski definition) is 3. The highest BCUT2D eigenvalue weighted by molar-refractivity contribution is 7.80. The van der Waals surface area contributed by atoms with Crippen LogP contribution >= 0.6 is 12.2 Å². The van der Waals surface area contributed by atoms with Crippen molar-refractivity contribution in [3.8, 4) is 0 Å². The van der Waals surface area contributed by atoms with Crippen molar-refractivity contribution in [3.63, 3.8) is 0 Å². The lowest BCUT2D eigenvalue weighted by molar-refractivity contribution is 0.0972. The average Bonchev–Trinajstić information content (AvgIpc) is 2.69. The SMILES string of the molecule is CCN(CC)CCN(Cc1ccccc1)C(=S)NC(=O)c1ccccc1. The van der Waals surface area contributed by atoms with Crippen LogP contribution in [0.1, 0.15) is 29.8 Å². The van der Waals surface area contributed by atoms with Crippen LogP contribution in [0.2, 0.25) is 0 Å². The minimum atomic E-state index is -0.170. The van der Waals surface area contributed by atoms with Crippen molar-refractivity contribution in [3.05, 3.63) is 71.8 Å². The number of rotatable bonds is 8. The number of thiocarbonyl (C=S) groups is 1. The molecule has 0 saturated carbocycles. The molecule has 5 heteroatoms. The van der Waals surface area contributed by atoms with E-state index in [0.29, 0.717) is 17.2 Å². The fourth-order valence-electron chi connectivity index (χ4n) is 2.70. The van der Waals surface area contributed by atoms with Gasteiger partial charge in [-0.05, 0) is 43.0 Å². The van der Waals surface area contributed by atoms with Gasteiger partial charge in [-0.2, -0.15) is 0 Å². The topological polar surface area (TPSA) is 35.6 Å². The average molecular weight is 370 g/mol. The maximum Gasteiger partial charge on any atom is 0.257 e. The predicted octanol–water partition coefficient (Wildman–Crippen LogP) is 3.55. The highest BCUT2D eigenvalue weighted by Crippen LogP contribution is 2.06. The monoisotopic (exact) mass is 369 g/mol. The van der Waals surface area contributed by atoms with Gasteiger partial charge in [-0.25, -0.2) is 0 Å². The first kappa shape index (κ1) is 20.1. The lowest BCUT2D eigenvalue weighted by Crippen LogP contribution is -2.45. The van der Waals surface area contributed by atoms with E-state index in [1.54, 1.807) is 12.1 Å². The summed E-state index contributed by atoms with van der Waals surface area (Å²) in [4.78, 5) is 16.8. The Bertz CT molecular complexity index is 687. The zero-order chi connectivity index (χ0) is 18.8. The second kappa shape index (κ2) is 10.7. The van der Waals surface area contributed by atoms with Crippen molar-refractivity contribution in [2.24, 2.45) is 0 Å². The molecule has 1 N–H and O–H groups in total. The van der Waals surface area contributed by atoms with Crippen molar-refractivity contribution >= 4 is 23.2 Å². The van der Waals surface area contributed by atoms with Crippen LogP contribution in [0, 0.1) is 0 Å². The third-order valence-electron chi connectivity index (χ3n) is 4.34. The standard InChI is InChI=1S/C21H27N3OS/c1-3-23(4-2)15-16-24(17-18-11-7-5-8-12-18)21(26)22-20(25)19-13-9-6-10-14-19/h5-14H,3-4,15-17H2,1-2H3,(H,22,25,26). The van der Waals surface area contributed by atoms with Crippen molar-refractivity contribution in [2.45, 2.75) is 20.4 Å². The van der Waals surface area contributed by atoms with Crippen LogP contribution in [0.4, 0.5) is 0 Å². The Kier molecular flexibility index (Phi) is 8.25. The molecule has 2 rings (SSSR count). The van der Waals surface area contributed by atoms with E-state index in [1.165, 1.54) is 5.56 Å². The molecule has 0 atom stereocenters. The molecule has 0 spiro atoms. The van der Waals surface area contributed by atoms with Crippen LogP contribution in [0.3, 0.4) is 0 Å². The quantitative estimate of drug-likeness (QED) is 0.722. The molecule has 0 aliphatic carbocycles. The summed E-state index contributed by atoms with van der Waals surface area (Å²) < 4.78 is 0. The lowest BCUT2D eigenvalue weighted by atomic mass is 10.2. The normalized spacial score (nSPS) is 10.6. The molecule has 1 amide bonds. The van der Waals surface area contributed by atoms with Gasteiger partial charge in [-0.15, -0.1) is 0 Å². The Hall–Kier alpha value is -2.24. The van der Waals surface area contributed by atoms with Crippen molar-refractivity contribution in [1.82, 2.24) is 15.1 Å². The summed E-state index contributed by atoms with van der Waals surface area (Å²) in [6.07, 6.45) is 0. The summed E-state index contributed by atoms with van der Waals surface area (Å²) in [5.74, 6) is -0.170. The van der Waals surface area contributed by atoms with Crippen LogP contribution in [0.15, 0.2) is 60.7 Å². The molecule has 0 radical (unpaired) electrons. The summed E-state index contributed by atoms with van der Waals surface area (Å²) in [6, 6.07) is 19.3. The van der Waals surface area contributed by atoms with E-state index in [0.717, 1.165) is 26.2 Å². The number of benzene rings is 2. The zero-order valence-electron chi connectivity index (χ0n) is 15.5. The van der Waals surface area contributed by atoms with Gasteiger partial charge in [0.05, 0.1) is 0 Å². The maximum atomic E-state index is 12.4. The number of nitrogens with zero attached hydrogens (tertiary/aromatic N) is 2. The first-order chi connectivity index (χ1) is 12.6. The first-order valence-electron chi connectivity index (χ1n) is 9.05. The molecule has 2 aromatic rings. The third kappa shape index (κ3) is 6.24. The van der Waals surface area contributed by atoms with Gasteiger partial charge in [0, 0.05) is 25.2 Å². The van der Waals surface area contributed by atoms with Crippen molar-refractivity contribution < 1.29 is 4.79 Å². The third-order valence-corrected chi connectivity index (χ3v) is 4.70. The smallest absolute Gasteiger partial charge is 0.257 e. The van der Waals surface area contributed by atoms with Gasteiger partial charge in [-0.3, -0.25) is 10.1 Å².